The normalized spacial score (nSPS) is 12.0. The lowest BCUT2D eigenvalue weighted by Gasteiger charge is -2.22. The van der Waals surface area contributed by atoms with E-state index in [1.807, 2.05) is 29.2 Å². The summed E-state index contributed by atoms with van der Waals surface area (Å²) >= 11 is 0. The minimum Gasteiger partial charge on any atom is -0.497 e. The van der Waals surface area contributed by atoms with Gasteiger partial charge in [0.25, 0.3) is 0 Å². The summed E-state index contributed by atoms with van der Waals surface area (Å²) in [6.45, 7) is 7.65. The molecule has 0 amide bonds. The Labute approximate surface area is 125 Å². The third-order valence-corrected chi connectivity index (χ3v) is 3.08. The van der Waals surface area contributed by atoms with Crippen LogP contribution in [0, 0.1) is 5.92 Å². The minimum absolute atomic E-state index is 0.411. The van der Waals surface area contributed by atoms with Crippen LogP contribution in [0.3, 0.4) is 0 Å². The van der Waals surface area contributed by atoms with Crippen molar-refractivity contribution in [1.82, 2.24) is 4.90 Å². The predicted octanol–water partition coefficient (Wildman–Crippen LogP) is 2.28. The highest BCUT2D eigenvalue weighted by Crippen LogP contribution is 2.16. The van der Waals surface area contributed by atoms with Crippen molar-refractivity contribution in [2.45, 2.75) is 6.92 Å². The summed E-state index contributed by atoms with van der Waals surface area (Å²) in [5, 5.41) is 8.96. The van der Waals surface area contributed by atoms with E-state index in [1.54, 1.807) is 20.1 Å². The van der Waals surface area contributed by atoms with Gasteiger partial charge < -0.3 is 14.6 Å². The van der Waals surface area contributed by atoms with E-state index in [4.69, 9.17) is 14.6 Å². The Kier molecular flexibility index (Phi) is 7.32. The second kappa shape index (κ2) is 9.02. The van der Waals surface area contributed by atoms with Gasteiger partial charge in [-0.3, -0.25) is 9.69 Å². The van der Waals surface area contributed by atoms with Gasteiger partial charge in [0.05, 0.1) is 13.0 Å². The molecule has 1 atom stereocenters. The molecule has 0 aliphatic carbocycles. The summed E-state index contributed by atoms with van der Waals surface area (Å²) in [6.07, 6.45) is 1.77. The molecule has 1 N–H and O–H groups in total. The van der Waals surface area contributed by atoms with E-state index in [9.17, 15) is 4.79 Å². The predicted molar refractivity (Wildman–Crippen MR) is 81.9 cm³/mol. The molecule has 21 heavy (non-hydrogen) atoms. The molecular formula is C16H23NO4. The number of carbonyl (C=O) groups is 1. The lowest BCUT2D eigenvalue weighted by Crippen LogP contribution is -2.35. The van der Waals surface area contributed by atoms with Crippen molar-refractivity contribution in [1.29, 1.82) is 0 Å². The first-order valence-electron chi connectivity index (χ1n) is 6.89. The molecule has 0 heterocycles. The van der Waals surface area contributed by atoms with Gasteiger partial charge in [0.2, 0.25) is 0 Å². The van der Waals surface area contributed by atoms with Crippen LogP contribution in [0.5, 0.6) is 11.5 Å². The van der Waals surface area contributed by atoms with Crippen molar-refractivity contribution in [2.75, 3.05) is 33.4 Å². The first-order chi connectivity index (χ1) is 10.1. The van der Waals surface area contributed by atoms with Crippen molar-refractivity contribution >= 4 is 5.97 Å². The summed E-state index contributed by atoms with van der Waals surface area (Å²) in [7, 11) is 1.62. The first-order valence-corrected chi connectivity index (χ1v) is 6.89. The maximum absolute atomic E-state index is 10.9. The van der Waals surface area contributed by atoms with E-state index >= 15 is 0 Å². The zero-order valence-corrected chi connectivity index (χ0v) is 12.6. The maximum atomic E-state index is 10.9. The Hall–Kier alpha value is -2.01. The van der Waals surface area contributed by atoms with Crippen LogP contribution in [-0.2, 0) is 4.79 Å². The lowest BCUT2D eigenvalue weighted by atomic mass is 10.1. The molecule has 0 fully saturated rings. The van der Waals surface area contributed by atoms with E-state index in [0.29, 0.717) is 26.2 Å². The number of ether oxygens (including phenoxy) is 2. The molecule has 0 spiro atoms. The summed E-state index contributed by atoms with van der Waals surface area (Å²) in [5.41, 5.74) is 0. The Morgan fingerprint density at radius 1 is 1.38 bits per heavy atom. The number of aliphatic carboxylic acids is 1. The fourth-order valence-electron chi connectivity index (χ4n) is 1.87. The zero-order chi connectivity index (χ0) is 15.7. The van der Waals surface area contributed by atoms with Gasteiger partial charge >= 0.3 is 5.97 Å². The van der Waals surface area contributed by atoms with E-state index in [1.165, 1.54) is 0 Å². The highest BCUT2D eigenvalue weighted by atomic mass is 16.5. The first kappa shape index (κ1) is 17.0. The number of hydrogen-bond donors (Lipinski definition) is 1. The topological polar surface area (TPSA) is 59.0 Å². The smallest absolute Gasteiger partial charge is 0.307 e. The molecule has 0 aliphatic rings. The molecule has 1 rings (SSSR count). The van der Waals surface area contributed by atoms with Gasteiger partial charge in [-0.05, 0) is 24.3 Å². The monoisotopic (exact) mass is 293 g/mol. The standard InChI is InChI=1S/C16H23NO4/c1-4-9-17(12-13(2)16(18)19)10-11-21-15-7-5-14(20-3)6-8-15/h4-8,13H,1,9-12H2,2-3H3,(H,18,19). The molecule has 1 unspecified atom stereocenters. The molecule has 5 nitrogen and oxygen atoms in total. The summed E-state index contributed by atoms with van der Waals surface area (Å²) < 4.78 is 10.7. The van der Waals surface area contributed by atoms with Gasteiger partial charge in [-0.1, -0.05) is 13.0 Å². The van der Waals surface area contributed by atoms with Gasteiger partial charge in [-0.25, -0.2) is 0 Å². The second-order valence-electron chi connectivity index (χ2n) is 4.81. The van der Waals surface area contributed by atoms with E-state index in [2.05, 4.69) is 6.58 Å². The Morgan fingerprint density at radius 3 is 2.52 bits per heavy atom. The third-order valence-electron chi connectivity index (χ3n) is 3.08. The summed E-state index contributed by atoms with van der Waals surface area (Å²) in [5.74, 6) is 0.345. The van der Waals surface area contributed by atoms with Crippen molar-refractivity contribution in [2.24, 2.45) is 5.92 Å². The van der Waals surface area contributed by atoms with Crippen molar-refractivity contribution < 1.29 is 19.4 Å². The lowest BCUT2D eigenvalue weighted by molar-refractivity contribution is -0.141. The Balaban J connectivity index is 2.41. The number of methoxy groups -OCH3 is 1. The van der Waals surface area contributed by atoms with Crippen LogP contribution in [0.4, 0.5) is 0 Å². The highest BCUT2D eigenvalue weighted by molar-refractivity contribution is 5.69. The summed E-state index contributed by atoms with van der Waals surface area (Å²) in [6, 6.07) is 7.36. The van der Waals surface area contributed by atoms with Crippen LogP contribution in [-0.4, -0.2) is 49.3 Å². The molecule has 116 valence electrons. The zero-order valence-electron chi connectivity index (χ0n) is 12.6. The largest absolute Gasteiger partial charge is 0.497 e. The van der Waals surface area contributed by atoms with Gasteiger partial charge in [-0.2, -0.15) is 0 Å². The van der Waals surface area contributed by atoms with Crippen molar-refractivity contribution in [3.63, 3.8) is 0 Å². The van der Waals surface area contributed by atoms with Crippen LogP contribution in [0.15, 0.2) is 36.9 Å². The average molecular weight is 293 g/mol. The average Bonchev–Trinajstić information content (AvgIpc) is 2.48. The molecule has 0 radical (unpaired) electrons. The molecule has 0 aromatic heterocycles. The minimum atomic E-state index is -0.792. The number of benzene rings is 1. The SMILES string of the molecule is C=CCN(CCOc1ccc(OC)cc1)CC(C)C(=O)O. The molecular weight excluding hydrogens is 270 g/mol. The molecule has 1 aromatic carbocycles. The fraction of sp³-hybridized carbons (Fsp3) is 0.438. The highest BCUT2D eigenvalue weighted by Gasteiger charge is 2.15. The molecule has 0 bridgehead atoms. The van der Waals surface area contributed by atoms with Crippen LogP contribution < -0.4 is 9.47 Å². The number of rotatable bonds is 10. The fourth-order valence-corrected chi connectivity index (χ4v) is 1.87. The second-order valence-corrected chi connectivity index (χ2v) is 4.81. The van der Waals surface area contributed by atoms with Crippen LogP contribution in [0.1, 0.15) is 6.92 Å². The maximum Gasteiger partial charge on any atom is 0.307 e. The molecule has 0 aliphatic heterocycles. The quantitative estimate of drug-likeness (QED) is 0.671. The van der Waals surface area contributed by atoms with E-state index in [-0.39, 0.29) is 0 Å². The van der Waals surface area contributed by atoms with Crippen LogP contribution >= 0.6 is 0 Å². The number of nitrogens with zero attached hydrogens (tertiary/aromatic N) is 1. The van der Waals surface area contributed by atoms with Crippen LogP contribution in [0.2, 0.25) is 0 Å². The number of hydrogen-bond acceptors (Lipinski definition) is 4. The molecule has 0 saturated heterocycles. The van der Waals surface area contributed by atoms with E-state index in [0.717, 1.165) is 11.5 Å². The molecule has 5 heteroatoms. The van der Waals surface area contributed by atoms with Gasteiger partial charge in [0, 0.05) is 19.6 Å². The Bertz CT molecular complexity index is 444. The third kappa shape index (κ3) is 6.31. The molecule has 0 saturated carbocycles. The van der Waals surface area contributed by atoms with E-state index < -0.39 is 11.9 Å². The van der Waals surface area contributed by atoms with Crippen molar-refractivity contribution in [3.05, 3.63) is 36.9 Å². The molecule has 1 aromatic rings. The Morgan fingerprint density at radius 2 is 2.00 bits per heavy atom. The van der Waals surface area contributed by atoms with Gasteiger partial charge in [-0.15, -0.1) is 6.58 Å². The van der Waals surface area contributed by atoms with Crippen LogP contribution in [0.25, 0.3) is 0 Å². The van der Waals surface area contributed by atoms with Gasteiger partial charge in [0.15, 0.2) is 0 Å². The van der Waals surface area contributed by atoms with Crippen molar-refractivity contribution in [3.8, 4) is 11.5 Å². The number of carboxylic acids is 1. The summed E-state index contributed by atoms with van der Waals surface area (Å²) in [4.78, 5) is 12.9. The number of carboxylic acid groups (broad SMARTS) is 1. The van der Waals surface area contributed by atoms with Gasteiger partial charge in [0.1, 0.15) is 18.1 Å².